The van der Waals surface area contributed by atoms with Crippen LogP contribution in [0.1, 0.15) is 70.2 Å². The van der Waals surface area contributed by atoms with Gasteiger partial charge in [-0.1, -0.05) is 0 Å². The third-order valence-electron chi connectivity index (χ3n) is 5.09. The van der Waals surface area contributed by atoms with Gasteiger partial charge in [0.05, 0.1) is 0 Å². The molecule has 0 radical (unpaired) electrons. The summed E-state index contributed by atoms with van der Waals surface area (Å²) in [6.45, 7) is 20.4. The van der Waals surface area contributed by atoms with Crippen molar-refractivity contribution < 1.29 is 17.4 Å². The predicted molar refractivity (Wildman–Crippen MR) is 128 cm³/mol. The van der Waals surface area contributed by atoms with Crippen LogP contribution in [0, 0.1) is 6.92 Å². The van der Waals surface area contributed by atoms with Gasteiger partial charge in [-0.25, -0.2) is 0 Å². The van der Waals surface area contributed by atoms with Gasteiger partial charge in [-0.2, -0.15) is 0 Å². The molecule has 0 atom stereocenters. The molecule has 0 amide bonds. The Morgan fingerprint density at radius 3 is 1.93 bits per heavy atom. The van der Waals surface area contributed by atoms with Gasteiger partial charge in [0.2, 0.25) is 0 Å². The molecule has 1 nitrogen and oxygen atoms in total. The topological polar surface area (TPSA) is 26.0 Å². The second-order valence-corrected chi connectivity index (χ2v) is 22.3. The molecule has 1 aliphatic rings. The standard InChI is InChI=1S/C20H27.C2H7Si.2ClH.H2N.Ti/c1-14-12-16(19(2,3)4)13-17(15-10-8-9-11-15)18(14)20(5,6)7;1-3-2;;;;/h8-10,12H,11H2,1-7H3;3H,1-2H3;2*1H;1H2;/q;;;;-1;+1. The number of benzene rings is 1. The summed E-state index contributed by atoms with van der Waals surface area (Å²) in [5, 5.41) is 0. The molecule has 27 heavy (non-hydrogen) atoms. The van der Waals surface area contributed by atoms with E-state index >= 15 is 0 Å². The van der Waals surface area contributed by atoms with E-state index < -0.39 is 24.0 Å². The fraction of sp³-hybridized carbons (Fsp3) is 0.545. The molecule has 0 aliphatic heterocycles. The summed E-state index contributed by atoms with van der Waals surface area (Å²) in [6, 6.07) is 2.47. The van der Waals surface area contributed by atoms with Gasteiger partial charge in [-0.3, -0.25) is 0 Å². The normalized spacial score (nSPS) is 14.0. The van der Waals surface area contributed by atoms with Crippen molar-refractivity contribution in [3.05, 3.63) is 46.5 Å². The molecule has 0 aromatic heterocycles. The molecule has 1 aromatic carbocycles. The minimum atomic E-state index is -1.74. The van der Waals surface area contributed by atoms with Gasteiger partial charge in [-0.15, -0.1) is 24.8 Å². The van der Waals surface area contributed by atoms with E-state index in [2.05, 4.69) is 85.9 Å². The van der Waals surface area contributed by atoms with Gasteiger partial charge in [0.1, 0.15) is 0 Å². The van der Waals surface area contributed by atoms with Gasteiger partial charge in [0.15, 0.2) is 0 Å². The van der Waals surface area contributed by atoms with Crippen molar-refractivity contribution in [3.63, 3.8) is 0 Å². The number of halogens is 2. The average molecular weight is 463 g/mol. The third-order valence-corrected chi connectivity index (χ3v) is 15.1. The Morgan fingerprint density at radius 2 is 1.56 bits per heavy atom. The maximum Gasteiger partial charge on any atom is -0.147 e. The monoisotopic (exact) mass is 462 g/mol. The number of allylic oxidation sites excluding steroid dienone is 4. The summed E-state index contributed by atoms with van der Waals surface area (Å²) in [5.41, 5.74) is 7.75. The van der Waals surface area contributed by atoms with E-state index in [0.29, 0.717) is 0 Å². The van der Waals surface area contributed by atoms with Crippen LogP contribution < -0.4 is 8.08 Å². The quantitative estimate of drug-likeness (QED) is 0.557. The second-order valence-electron chi connectivity index (χ2n) is 9.80. The van der Waals surface area contributed by atoms with E-state index in [4.69, 9.17) is 4.22 Å². The second kappa shape index (κ2) is 9.78. The fourth-order valence-electron chi connectivity index (χ4n) is 3.92. The van der Waals surface area contributed by atoms with E-state index in [1.54, 1.807) is 3.87 Å². The first-order valence-corrected chi connectivity index (χ1v) is 16.8. The van der Waals surface area contributed by atoms with Crippen molar-refractivity contribution in [2.24, 2.45) is 4.22 Å². The Labute approximate surface area is 187 Å². The van der Waals surface area contributed by atoms with Crippen molar-refractivity contribution in [1.29, 1.82) is 0 Å². The summed E-state index contributed by atoms with van der Waals surface area (Å²) < 4.78 is 8.64. The van der Waals surface area contributed by atoms with Crippen LogP contribution in [0.15, 0.2) is 24.3 Å². The van der Waals surface area contributed by atoms with Crippen LogP contribution in [0.4, 0.5) is 0 Å². The maximum atomic E-state index is 7.05. The first-order valence-electron chi connectivity index (χ1n) is 9.53. The molecular formula is C22H38Cl2NSiTi. The zero-order valence-electron chi connectivity index (χ0n) is 18.5. The molecule has 0 fully saturated rings. The van der Waals surface area contributed by atoms with Gasteiger partial charge in [-0.05, 0) is 0 Å². The zero-order valence-corrected chi connectivity index (χ0v) is 22.8. The van der Waals surface area contributed by atoms with Gasteiger partial charge in [0.25, 0.3) is 0 Å². The smallest absolute Gasteiger partial charge is 0.147 e. The minimum Gasteiger partial charge on any atom is -0.147 e. The molecule has 2 rings (SSSR count). The van der Waals surface area contributed by atoms with Gasteiger partial charge in [0, 0.05) is 0 Å². The van der Waals surface area contributed by atoms with Gasteiger partial charge >= 0.3 is 163 Å². The van der Waals surface area contributed by atoms with Crippen LogP contribution in [0.3, 0.4) is 0 Å². The average Bonchev–Trinajstić information content (AvgIpc) is 2.96. The Hall–Kier alpha value is 0.171. The molecule has 0 saturated carbocycles. The number of aryl methyl sites for hydroxylation is 1. The summed E-state index contributed by atoms with van der Waals surface area (Å²) in [6.07, 6.45) is 7.88. The van der Waals surface area contributed by atoms with E-state index in [-0.39, 0.29) is 35.6 Å². The fourth-order valence-corrected chi connectivity index (χ4v) is 10.5. The number of hydrogen-bond acceptors (Lipinski definition) is 1. The summed E-state index contributed by atoms with van der Waals surface area (Å²) >= 11 is -1.74. The van der Waals surface area contributed by atoms with Gasteiger partial charge < -0.3 is 0 Å². The number of rotatable bonds is 3. The molecule has 5 heteroatoms. The Kier molecular flexibility index (Phi) is 9.84. The third kappa shape index (κ3) is 5.84. The Bertz CT molecular complexity index is 725. The number of nitrogens with two attached hydrogens (primary N) is 1. The zero-order chi connectivity index (χ0) is 19.2. The van der Waals surface area contributed by atoms with E-state index in [0.717, 1.165) is 6.42 Å². The number of hydrogen-bond donors (Lipinski definition) is 1. The van der Waals surface area contributed by atoms with Crippen LogP contribution in [0.2, 0.25) is 13.1 Å². The van der Waals surface area contributed by atoms with E-state index in [1.807, 2.05) is 0 Å². The minimum absolute atomic E-state index is 0. The van der Waals surface area contributed by atoms with Crippen molar-refractivity contribution in [2.45, 2.75) is 78.8 Å². The molecular weight excluding hydrogens is 425 g/mol. The first-order chi connectivity index (χ1) is 11.4. The predicted octanol–water partition coefficient (Wildman–Crippen LogP) is 5.88. The SMILES string of the molecule is Cc1cc(C(C)(C)C)[c]([Ti]([NH2])[SiH](C)C)c(C2=CC=CC2)c1C(C)(C)C.Cl.Cl. The molecule has 2 N–H and O–H groups in total. The van der Waals surface area contributed by atoms with Crippen molar-refractivity contribution in [3.8, 4) is 0 Å². The van der Waals surface area contributed by atoms with Crippen molar-refractivity contribution in [2.75, 3.05) is 0 Å². The molecule has 0 saturated heterocycles. The van der Waals surface area contributed by atoms with Crippen LogP contribution >= 0.6 is 24.8 Å². The molecule has 153 valence electrons. The van der Waals surface area contributed by atoms with Crippen LogP contribution in [-0.2, 0) is 28.2 Å². The summed E-state index contributed by atoms with van der Waals surface area (Å²) in [5.74, 6) is 0. The Balaban J connectivity index is 0.00000338. The van der Waals surface area contributed by atoms with Crippen LogP contribution in [0.5, 0.6) is 0 Å². The maximum absolute atomic E-state index is 7.05. The molecule has 1 aromatic rings. The van der Waals surface area contributed by atoms with Crippen molar-refractivity contribution in [1.82, 2.24) is 0 Å². The molecule has 0 spiro atoms. The Morgan fingerprint density at radius 1 is 1.00 bits per heavy atom. The van der Waals surface area contributed by atoms with Crippen molar-refractivity contribution >= 4 is 40.9 Å². The molecule has 1 aliphatic carbocycles. The molecule has 0 unspecified atom stereocenters. The molecule has 0 heterocycles. The van der Waals surface area contributed by atoms with E-state index in [9.17, 15) is 0 Å². The molecule has 0 bridgehead atoms. The van der Waals surface area contributed by atoms with E-state index in [1.165, 1.54) is 27.8 Å². The largest absolute Gasteiger partial charge is 0.147 e. The first kappa shape index (κ1) is 27.2. The summed E-state index contributed by atoms with van der Waals surface area (Å²) in [4.78, 5) is 0. The van der Waals surface area contributed by atoms with Crippen LogP contribution in [-0.4, -0.2) is 6.66 Å². The summed E-state index contributed by atoms with van der Waals surface area (Å²) in [7, 11) is 0. The van der Waals surface area contributed by atoms with Crippen LogP contribution in [0.25, 0.3) is 5.57 Å².